The minimum atomic E-state index is -0.219. The lowest BCUT2D eigenvalue weighted by molar-refractivity contribution is -0.121. The van der Waals surface area contributed by atoms with E-state index < -0.39 is 0 Å². The number of nitrogens with zero attached hydrogens (tertiary/aromatic N) is 2. The van der Waals surface area contributed by atoms with Gasteiger partial charge in [-0.3, -0.25) is 9.59 Å². The van der Waals surface area contributed by atoms with Crippen molar-refractivity contribution in [2.45, 2.75) is 19.8 Å². The van der Waals surface area contributed by atoms with Gasteiger partial charge in [0, 0.05) is 25.8 Å². The van der Waals surface area contributed by atoms with Gasteiger partial charge in [-0.2, -0.15) is 0 Å². The van der Waals surface area contributed by atoms with Gasteiger partial charge in [-0.05, 0) is 18.9 Å². The van der Waals surface area contributed by atoms with Gasteiger partial charge in [0.15, 0.2) is 0 Å². The summed E-state index contributed by atoms with van der Waals surface area (Å²) in [6.07, 6.45) is 3.20. The molecule has 6 nitrogen and oxygen atoms in total. The van der Waals surface area contributed by atoms with Crippen molar-refractivity contribution in [3.05, 3.63) is 22.8 Å². The van der Waals surface area contributed by atoms with E-state index in [0.29, 0.717) is 29.5 Å². The van der Waals surface area contributed by atoms with Crippen LogP contribution in [0.4, 0.5) is 5.82 Å². The highest BCUT2D eigenvalue weighted by atomic mass is 35.5. The van der Waals surface area contributed by atoms with Crippen LogP contribution in [0.1, 0.15) is 30.1 Å². The van der Waals surface area contributed by atoms with Gasteiger partial charge >= 0.3 is 0 Å². The molecule has 0 bridgehead atoms. The number of amides is 2. The van der Waals surface area contributed by atoms with Crippen molar-refractivity contribution >= 4 is 29.2 Å². The average Bonchev–Trinajstić information content (AvgIpc) is 2.70. The predicted molar refractivity (Wildman–Crippen MR) is 81.6 cm³/mol. The summed E-state index contributed by atoms with van der Waals surface area (Å²) in [5.74, 6) is 0.216. The number of carbonyl (C=O) groups excluding carboxylic acids is 2. The summed E-state index contributed by atoms with van der Waals surface area (Å²) in [7, 11) is 0. The molecule has 0 atom stereocenters. The first kappa shape index (κ1) is 15.6. The summed E-state index contributed by atoms with van der Waals surface area (Å²) < 4.78 is 0. The number of nitrogens with one attached hydrogen (secondary N) is 2. The van der Waals surface area contributed by atoms with E-state index in [9.17, 15) is 9.59 Å². The van der Waals surface area contributed by atoms with Crippen molar-refractivity contribution in [1.82, 2.24) is 15.2 Å². The Morgan fingerprint density at radius 1 is 1.57 bits per heavy atom. The van der Waals surface area contributed by atoms with Crippen molar-refractivity contribution in [3.8, 4) is 0 Å². The van der Waals surface area contributed by atoms with E-state index >= 15 is 0 Å². The van der Waals surface area contributed by atoms with Crippen LogP contribution in [0.2, 0.25) is 5.02 Å². The minimum Gasteiger partial charge on any atom is -0.369 e. The molecule has 2 N–H and O–H groups in total. The summed E-state index contributed by atoms with van der Waals surface area (Å²) >= 11 is 6.13. The SMILES string of the molecule is CCCNc1ncc(C(=O)N2CCCNC(=O)C2)cc1Cl. The smallest absolute Gasteiger partial charge is 0.255 e. The minimum absolute atomic E-state index is 0.0757. The zero-order chi connectivity index (χ0) is 15.2. The molecule has 2 rings (SSSR count). The number of pyridine rings is 1. The second-order valence-corrected chi connectivity index (χ2v) is 5.32. The van der Waals surface area contributed by atoms with Gasteiger partial charge in [0.1, 0.15) is 5.82 Å². The third-order valence-electron chi connectivity index (χ3n) is 3.18. The Hall–Kier alpha value is -1.82. The number of rotatable bonds is 4. The monoisotopic (exact) mass is 310 g/mol. The molecule has 21 heavy (non-hydrogen) atoms. The molecular weight excluding hydrogens is 292 g/mol. The summed E-state index contributed by atoms with van der Waals surface area (Å²) in [5, 5.41) is 6.24. The van der Waals surface area contributed by atoms with Crippen molar-refractivity contribution in [2.75, 3.05) is 31.5 Å². The number of carbonyl (C=O) groups is 2. The maximum atomic E-state index is 12.4. The maximum absolute atomic E-state index is 12.4. The Morgan fingerprint density at radius 2 is 2.38 bits per heavy atom. The molecule has 7 heteroatoms. The van der Waals surface area contributed by atoms with Gasteiger partial charge < -0.3 is 15.5 Å². The lowest BCUT2D eigenvalue weighted by atomic mass is 10.2. The zero-order valence-electron chi connectivity index (χ0n) is 12.0. The molecular formula is C14H19ClN4O2. The van der Waals surface area contributed by atoms with Crippen LogP contribution >= 0.6 is 11.6 Å². The molecule has 0 spiro atoms. The first-order valence-electron chi connectivity index (χ1n) is 7.07. The molecule has 0 unspecified atom stereocenters. The van der Waals surface area contributed by atoms with Gasteiger partial charge in [-0.25, -0.2) is 4.98 Å². The number of anilines is 1. The molecule has 2 amide bonds. The Morgan fingerprint density at radius 3 is 3.10 bits per heavy atom. The summed E-state index contributed by atoms with van der Waals surface area (Å²) in [4.78, 5) is 29.6. The molecule has 1 fully saturated rings. The fourth-order valence-corrected chi connectivity index (χ4v) is 2.32. The Balaban J connectivity index is 2.11. The normalized spacial score (nSPS) is 15.3. The highest BCUT2D eigenvalue weighted by Gasteiger charge is 2.21. The van der Waals surface area contributed by atoms with Gasteiger partial charge in [0.05, 0.1) is 17.1 Å². The topological polar surface area (TPSA) is 74.3 Å². The molecule has 0 radical (unpaired) electrons. The number of hydrogen-bond acceptors (Lipinski definition) is 4. The van der Waals surface area contributed by atoms with Gasteiger partial charge in [-0.1, -0.05) is 18.5 Å². The molecule has 0 aromatic carbocycles. The summed E-state index contributed by atoms with van der Waals surface area (Å²) in [6, 6.07) is 1.59. The number of aromatic nitrogens is 1. The van der Waals surface area contributed by atoms with E-state index in [2.05, 4.69) is 15.6 Å². The van der Waals surface area contributed by atoms with E-state index in [0.717, 1.165) is 19.4 Å². The van der Waals surface area contributed by atoms with Gasteiger partial charge in [-0.15, -0.1) is 0 Å². The average molecular weight is 311 g/mol. The van der Waals surface area contributed by atoms with Crippen LogP contribution in [-0.2, 0) is 4.79 Å². The molecule has 1 saturated heterocycles. The molecule has 1 aliphatic heterocycles. The van der Waals surface area contributed by atoms with Crippen LogP contribution in [-0.4, -0.2) is 47.9 Å². The molecule has 0 aliphatic carbocycles. The second kappa shape index (κ2) is 7.26. The van der Waals surface area contributed by atoms with E-state index in [1.165, 1.54) is 11.1 Å². The van der Waals surface area contributed by atoms with Crippen LogP contribution in [0.3, 0.4) is 0 Å². The Labute approximate surface area is 128 Å². The Kier molecular flexibility index (Phi) is 5.38. The first-order valence-corrected chi connectivity index (χ1v) is 7.45. The van der Waals surface area contributed by atoms with Crippen LogP contribution in [0.25, 0.3) is 0 Å². The van der Waals surface area contributed by atoms with Crippen molar-refractivity contribution in [2.24, 2.45) is 0 Å². The lowest BCUT2D eigenvalue weighted by Gasteiger charge is -2.19. The van der Waals surface area contributed by atoms with Crippen LogP contribution in [0.15, 0.2) is 12.3 Å². The standard InChI is InChI=1S/C14H19ClN4O2/c1-2-4-17-13-11(15)7-10(8-18-13)14(21)19-6-3-5-16-12(20)9-19/h7-8H,2-6,9H2,1H3,(H,16,20)(H,17,18). The second-order valence-electron chi connectivity index (χ2n) is 4.91. The molecule has 1 aliphatic rings. The quantitative estimate of drug-likeness (QED) is 0.884. The number of halogens is 1. The summed E-state index contributed by atoms with van der Waals surface area (Å²) in [6.45, 7) is 4.04. The highest BCUT2D eigenvalue weighted by Crippen LogP contribution is 2.21. The summed E-state index contributed by atoms with van der Waals surface area (Å²) in [5.41, 5.74) is 0.400. The fraction of sp³-hybridized carbons (Fsp3) is 0.500. The third-order valence-corrected chi connectivity index (χ3v) is 3.47. The molecule has 1 aromatic heterocycles. The largest absolute Gasteiger partial charge is 0.369 e. The van der Waals surface area contributed by atoms with Crippen molar-refractivity contribution in [3.63, 3.8) is 0 Å². The number of hydrogen-bond donors (Lipinski definition) is 2. The predicted octanol–water partition coefficient (Wildman–Crippen LogP) is 1.52. The van der Waals surface area contributed by atoms with Gasteiger partial charge in [0.2, 0.25) is 5.91 Å². The fourth-order valence-electron chi connectivity index (χ4n) is 2.09. The first-order chi connectivity index (χ1) is 10.1. The van der Waals surface area contributed by atoms with Crippen LogP contribution in [0, 0.1) is 0 Å². The molecule has 1 aromatic rings. The lowest BCUT2D eigenvalue weighted by Crippen LogP contribution is -2.37. The highest BCUT2D eigenvalue weighted by molar-refractivity contribution is 6.33. The molecule has 2 heterocycles. The van der Waals surface area contributed by atoms with Crippen molar-refractivity contribution in [1.29, 1.82) is 0 Å². The van der Waals surface area contributed by atoms with Crippen LogP contribution < -0.4 is 10.6 Å². The van der Waals surface area contributed by atoms with Crippen molar-refractivity contribution < 1.29 is 9.59 Å². The van der Waals surface area contributed by atoms with Gasteiger partial charge in [0.25, 0.3) is 5.91 Å². The van der Waals surface area contributed by atoms with Crippen LogP contribution in [0.5, 0.6) is 0 Å². The van der Waals surface area contributed by atoms with E-state index in [1.807, 2.05) is 6.92 Å². The molecule has 0 saturated carbocycles. The van der Waals surface area contributed by atoms with E-state index in [4.69, 9.17) is 11.6 Å². The molecule has 114 valence electrons. The Bertz CT molecular complexity index is 536. The van der Waals surface area contributed by atoms with E-state index in [-0.39, 0.29) is 18.4 Å². The third kappa shape index (κ3) is 4.07. The zero-order valence-corrected chi connectivity index (χ0v) is 12.7. The van der Waals surface area contributed by atoms with E-state index in [1.54, 1.807) is 6.07 Å². The maximum Gasteiger partial charge on any atom is 0.255 e.